The van der Waals surface area contributed by atoms with Crippen molar-refractivity contribution in [3.8, 4) is 0 Å². The Morgan fingerprint density at radius 2 is 1.71 bits per heavy atom. The summed E-state index contributed by atoms with van der Waals surface area (Å²) in [6.45, 7) is 6.63. The molecule has 0 N–H and O–H groups in total. The average Bonchev–Trinajstić information content (AvgIpc) is 2.60. The minimum Gasteiger partial charge on any atom is -0.381 e. The van der Waals surface area contributed by atoms with E-state index in [0.29, 0.717) is 0 Å². The molecule has 14 heavy (non-hydrogen) atoms. The Morgan fingerprint density at radius 1 is 1.07 bits per heavy atom. The van der Waals surface area contributed by atoms with Gasteiger partial charge < -0.3 is 14.2 Å². The lowest BCUT2D eigenvalue weighted by Gasteiger charge is -2.34. The van der Waals surface area contributed by atoms with Crippen LogP contribution in [0.1, 0.15) is 39.5 Å². The van der Waals surface area contributed by atoms with Gasteiger partial charge in [0.1, 0.15) is 0 Å². The zero-order valence-electron chi connectivity index (χ0n) is 9.17. The van der Waals surface area contributed by atoms with Crippen molar-refractivity contribution in [1.29, 1.82) is 0 Å². The van der Waals surface area contributed by atoms with Crippen molar-refractivity contribution in [2.75, 3.05) is 19.8 Å². The Morgan fingerprint density at radius 3 is 2.21 bits per heavy atom. The minimum absolute atomic E-state index is 0.0304. The quantitative estimate of drug-likeness (QED) is 0.683. The molecular weight excluding hydrogens is 180 g/mol. The monoisotopic (exact) mass is 200 g/mol. The molecule has 2 heterocycles. The molecular formula is C11H20O3. The van der Waals surface area contributed by atoms with E-state index in [1.54, 1.807) is 0 Å². The molecule has 0 aliphatic carbocycles. The molecule has 2 aliphatic heterocycles. The van der Waals surface area contributed by atoms with Crippen LogP contribution in [0.15, 0.2) is 0 Å². The Balaban J connectivity index is 2.04. The highest BCUT2D eigenvalue weighted by Gasteiger charge is 2.49. The molecule has 0 aromatic heterocycles. The summed E-state index contributed by atoms with van der Waals surface area (Å²) in [5.74, 6) is -0.315. The summed E-state index contributed by atoms with van der Waals surface area (Å²) in [6.07, 6.45) is 3.84. The van der Waals surface area contributed by atoms with Crippen LogP contribution in [-0.4, -0.2) is 31.2 Å². The summed E-state index contributed by atoms with van der Waals surface area (Å²) in [5.41, 5.74) is -0.0304. The number of hydrogen-bond donors (Lipinski definition) is 0. The highest BCUT2D eigenvalue weighted by molar-refractivity contribution is 4.90. The largest absolute Gasteiger partial charge is 0.381 e. The van der Waals surface area contributed by atoms with E-state index >= 15 is 0 Å². The maximum Gasteiger partial charge on any atom is 0.173 e. The van der Waals surface area contributed by atoms with Gasteiger partial charge in [0, 0.05) is 12.8 Å². The zero-order chi connectivity index (χ0) is 10.1. The average molecular weight is 200 g/mol. The van der Waals surface area contributed by atoms with Gasteiger partial charge in [-0.25, -0.2) is 0 Å². The molecule has 0 amide bonds. The first kappa shape index (κ1) is 10.4. The van der Waals surface area contributed by atoms with Crippen molar-refractivity contribution in [2.24, 2.45) is 0 Å². The summed E-state index contributed by atoms with van der Waals surface area (Å²) in [5, 5.41) is 0. The Hall–Kier alpha value is -0.120. The first-order valence-electron chi connectivity index (χ1n) is 5.66. The van der Waals surface area contributed by atoms with E-state index in [0.717, 1.165) is 45.5 Å². The molecule has 3 heteroatoms. The second-order valence-corrected chi connectivity index (χ2v) is 4.30. The molecule has 82 valence electrons. The van der Waals surface area contributed by atoms with Crippen molar-refractivity contribution in [2.45, 2.75) is 50.9 Å². The lowest BCUT2D eigenvalue weighted by atomic mass is 9.98. The van der Waals surface area contributed by atoms with Gasteiger partial charge in [0.2, 0.25) is 0 Å². The van der Waals surface area contributed by atoms with E-state index in [2.05, 4.69) is 13.8 Å². The molecule has 3 nitrogen and oxygen atoms in total. The van der Waals surface area contributed by atoms with Crippen LogP contribution in [0.25, 0.3) is 0 Å². The van der Waals surface area contributed by atoms with Gasteiger partial charge in [-0.15, -0.1) is 0 Å². The fourth-order valence-electron chi connectivity index (χ4n) is 2.24. The summed E-state index contributed by atoms with van der Waals surface area (Å²) in [7, 11) is 0. The van der Waals surface area contributed by atoms with Crippen LogP contribution < -0.4 is 0 Å². The highest BCUT2D eigenvalue weighted by Crippen LogP contribution is 2.41. The number of hydrogen-bond acceptors (Lipinski definition) is 3. The molecule has 0 unspecified atom stereocenters. The maximum absolute atomic E-state index is 6.17. The molecule has 2 saturated heterocycles. The van der Waals surface area contributed by atoms with E-state index < -0.39 is 0 Å². The first-order chi connectivity index (χ1) is 6.74. The van der Waals surface area contributed by atoms with E-state index in [1.165, 1.54) is 0 Å². The van der Waals surface area contributed by atoms with Gasteiger partial charge in [-0.3, -0.25) is 0 Å². The van der Waals surface area contributed by atoms with E-state index in [4.69, 9.17) is 14.2 Å². The van der Waals surface area contributed by atoms with Crippen molar-refractivity contribution >= 4 is 0 Å². The highest BCUT2D eigenvalue weighted by atomic mass is 16.8. The molecule has 0 aromatic rings. The first-order valence-corrected chi connectivity index (χ1v) is 5.66. The van der Waals surface area contributed by atoms with Gasteiger partial charge >= 0.3 is 0 Å². The lowest BCUT2D eigenvalue weighted by Crippen LogP contribution is -2.40. The predicted octanol–water partition coefficient (Wildman–Crippen LogP) is 2.10. The van der Waals surface area contributed by atoms with Crippen molar-refractivity contribution in [3.63, 3.8) is 0 Å². The smallest absolute Gasteiger partial charge is 0.173 e. The molecule has 2 fully saturated rings. The molecule has 0 atom stereocenters. The van der Waals surface area contributed by atoms with Gasteiger partial charge in [0.05, 0.1) is 25.4 Å². The molecule has 1 spiro atoms. The van der Waals surface area contributed by atoms with E-state index in [-0.39, 0.29) is 11.4 Å². The molecule has 0 radical (unpaired) electrons. The zero-order valence-corrected chi connectivity index (χ0v) is 9.17. The lowest BCUT2D eigenvalue weighted by molar-refractivity contribution is -0.226. The summed E-state index contributed by atoms with van der Waals surface area (Å²) in [6, 6.07) is 0. The van der Waals surface area contributed by atoms with Gasteiger partial charge in [-0.05, 0) is 12.8 Å². The third kappa shape index (κ3) is 1.69. The van der Waals surface area contributed by atoms with Crippen LogP contribution in [0, 0.1) is 0 Å². The van der Waals surface area contributed by atoms with Crippen LogP contribution in [0.2, 0.25) is 0 Å². The van der Waals surface area contributed by atoms with Gasteiger partial charge in [-0.2, -0.15) is 0 Å². The molecule has 0 saturated carbocycles. The van der Waals surface area contributed by atoms with Crippen LogP contribution in [0.3, 0.4) is 0 Å². The Labute approximate surface area is 85.7 Å². The predicted molar refractivity (Wildman–Crippen MR) is 53.1 cm³/mol. The van der Waals surface area contributed by atoms with Crippen LogP contribution in [0.5, 0.6) is 0 Å². The summed E-state index contributed by atoms with van der Waals surface area (Å²) < 4.78 is 17.4. The van der Waals surface area contributed by atoms with Crippen molar-refractivity contribution in [3.05, 3.63) is 0 Å². The third-order valence-corrected chi connectivity index (χ3v) is 3.54. The summed E-state index contributed by atoms with van der Waals surface area (Å²) >= 11 is 0. The van der Waals surface area contributed by atoms with Gasteiger partial charge in [0.15, 0.2) is 5.79 Å². The fourth-order valence-corrected chi connectivity index (χ4v) is 2.24. The second kappa shape index (κ2) is 3.80. The van der Waals surface area contributed by atoms with E-state index in [9.17, 15) is 0 Å². The number of rotatable bonds is 2. The Kier molecular flexibility index (Phi) is 2.82. The SMILES string of the molecule is CCC1(CC)COC2(CCOCC2)O1. The Bertz CT molecular complexity index is 193. The van der Waals surface area contributed by atoms with Crippen LogP contribution >= 0.6 is 0 Å². The molecule has 2 aliphatic rings. The standard InChI is InChI=1S/C11H20O3/c1-3-10(4-2)9-13-11(14-10)5-7-12-8-6-11/h3-9H2,1-2H3. The maximum atomic E-state index is 6.17. The molecule has 0 aromatic carbocycles. The van der Waals surface area contributed by atoms with Crippen LogP contribution in [-0.2, 0) is 14.2 Å². The second-order valence-electron chi connectivity index (χ2n) is 4.30. The third-order valence-electron chi connectivity index (χ3n) is 3.54. The topological polar surface area (TPSA) is 27.7 Å². The van der Waals surface area contributed by atoms with Crippen LogP contribution in [0.4, 0.5) is 0 Å². The van der Waals surface area contributed by atoms with Gasteiger partial charge in [0.25, 0.3) is 0 Å². The minimum atomic E-state index is -0.315. The van der Waals surface area contributed by atoms with E-state index in [1.807, 2.05) is 0 Å². The van der Waals surface area contributed by atoms with Gasteiger partial charge in [-0.1, -0.05) is 13.8 Å². The van der Waals surface area contributed by atoms with Crippen molar-refractivity contribution in [1.82, 2.24) is 0 Å². The molecule has 2 rings (SSSR count). The fraction of sp³-hybridized carbons (Fsp3) is 1.00. The number of ether oxygens (including phenoxy) is 3. The summed E-state index contributed by atoms with van der Waals surface area (Å²) in [4.78, 5) is 0. The molecule has 0 bridgehead atoms. The normalized spacial score (nSPS) is 29.6. The van der Waals surface area contributed by atoms with Crippen molar-refractivity contribution < 1.29 is 14.2 Å².